The maximum Gasteiger partial charge on any atom is 0.274 e. The van der Waals surface area contributed by atoms with E-state index in [0.29, 0.717) is 12.2 Å². The van der Waals surface area contributed by atoms with E-state index in [9.17, 15) is 25.4 Å². The first-order chi connectivity index (χ1) is 16.0. The minimum absolute atomic E-state index is 0.0896. The van der Waals surface area contributed by atoms with Gasteiger partial charge in [0.2, 0.25) is 0 Å². The van der Waals surface area contributed by atoms with Gasteiger partial charge >= 0.3 is 0 Å². The van der Waals surface area contributed by atoms with E-state index in [1.165, 1.54) is 17.8 Å². The highest BCUT2D eigenvalue weighted by atomic mass is 32.2. The Hall–Kier alpha value is -1.09. The predicted molar refractivity (Wildman–Crippen MR) is 131 cm³/mol. The van der Waals surface area contributed by atoms with Gasteiger partial charge < -0.3 is 34.3 Å². The molecule has 1 aromatic carbocycles. The van der Waals surface area contributed by atoms with E-state index in [4.69, 9.17) is 18.9 Å². The van der Waals surface area contributed by atoms with Crippen molar-refractivity contribution in [2.75, 3.05) is 26.3 Å². The lowest BCUT2D eigenvalue weighted by Crippen LogP contribution is -2.69. The molecule has 1 aliphatic rings. The van der Waals surface area contributed by atoms with Gasteiger partial charge in [-0.15, -0.1) is 0 Å². The summed E-state index contributed by atoms with van der Waals surface area (Å²) >= 11 is 1.17. The minimum Gasteiger partial charge on any atom is -0.394 e. The van der Waals surface area contributed by atoms with Crippen molar-refractivity contribution >= 4 is 25.5 Å². The van der Waals surface area contributed by atoms with Gasteiger partial charge in [0, 0.05) is 20.7 Å². The summed E-state index contributed by atoms with van der Waals surface area (Å²) in [6.45, 7) is 8.01. The quantitative estimate of drug-likeness (QED) is 0.117. The average Bonchev–Trinajstić information content (AvgIpc) is 2.78. The number of hydrogen-bond acceptors (Lipinski definition) is 10. The van der Waals surface area contributed by atoms with Crippen molar-refractivity contribution in [3.63, 3.8) is 0 Å². The minimum atomic E-state index is -1.29. The topological polar surface area (TPSA) is 141 Å². The number of para-hydroxylation sites is 1. The Morgan fingerprint density at radius 1 is 1.29 bits per heavy atom. The maximum absolute atomic E-state index is 11.3. The van der Waals surface area contributed by atoms with Gasteiger partial charge in [0.25, 0.3) is 5.69 Å². The van der Waals surface area contributed by atoms with Crippen molar-refractivity contribution in [3.05, 3.63) is 39.9 Å². The molecule has 1 aromatic rings. The molecular weight excluding hydrogens is 482 g/mol. The standard InChI is InChI=1S/C22H37NO9SSi/c1-15-22(33-2,18(25)12-24)20(26)19(31-14-29-10-11-34(3,4)5)21(32-15)30-13-16-8-6-7-9-17(16)23(27)28/h6-9,15,18-21,24-26H,10-14H2,1-5H3/t15-,18+,19-,20-,21-,22-/m1/s1. The van der Waals surface area contributed by atoms with Gasteiger partial charge in [0.1, 0.15) is 19.0 Å². The number of hydrogen-bond donors (Lipinski definition) is 3. The smallest absolute Gasteiger partial charge is 0.274 e. The molecule has 0 aliphatic carbocycles. The Morgan fingerprint density at radius 3 is 2.56 bits per heavy atom. The maximum atomic E-state index is 11.3. The van der Waals surface area contributed by atoms with Crippen molar-refractivity contribution in [1.82, 2.24) is 0 Å². The van der Waals surface area contributed by atoms with E-state index in [2.05, 4.69) is 19.6 Å². The molecule has 0 bridgehead atoms. The number of benzene rings is 1. The second kappa shape index (κ2) is 12.7. The summed E-state index contributed by atoms with van der Waals surface area (Å²) in [5, 5.41) is 42.9. The average molecular weight is 520 g/mol. The molecule has 6 atom stereocenters. The van der Waals surface area contributed by atoms with Crippen LogP contribution < -0.4 is 0 Å². The van der Waals surface area contributed by atoms with Crippen molar-refractivity contribution in [1.29, 1.82) is 0 Å². The first-order valence-electron chi connectivity index (χ1n) is 11.2. The van der Waals surface area contributed by atoms with E-state index in [-0.39, 0.29) is 19.1 Å². The normalized spacial score (nSPS) is 28.6. The summed E-state index contributed by atoms with van der Waals surface area (Å²) in [6.07, 6.45) is -3.76. The molecule has 1 aliphatic heterocycles. The molecule has 194 valence electrons. The van der Waals surface area contributed by atoms with Crippen LogP contribution in [0.25, 0.3) is 0 Å². The van der Waals surface area contributed by atoms with Gasteiger partial charge in [0.05, 0.1) is 40.7 Å². The highest BCUT2D eigenvalue weighted by Gasteiger charge is 2.58. The van der Waals surface area contributed by atoms with Crippen LogP contribution in [0.15, 0.2) is 24.3 Å². The zero-order valence-electron chi connectivity index (χ0n) is 20.4. The molecule has 3 N–H and O–H groups in total. The molecule has 0 unspecified atom stereocenters. The van der Waals surface area contributed by atoms with Crippen LogP contribution in [0.2, 0.25) is 25.7 Å². The molecule has 10 nitrogen and oxygen atoms in total. The Balaban J connectivity index is 2.20. The monoisotopic (exact) mass is 519 g/mol. The van der Waals surface area contributed by atoms with Crippen LogP contribution in [-0.4, -0.2) is 90.0 Å². The highest BCUT2D eigenvalue weighted by Crippen LogP contribution is 2.43. The third-order valence-electron chi connectivity index (χ3n) is 5.99. The van der Waals surface area contributed by atoms with Crippen molar-refractivity contribution < 1.29 is 39.2 Å². The molecule has 2 rings (SSSR count). The second-order valence-corrected chi connectivity index (χ2v) is 16.2. The van der Waals surface area contributed by atoms with Gasteiger partial charge in [-0.3, -0.25) is 10.1 Å². The number of nitro benzene ring substituents is 1. The fraction of sp³-hybridized carbons (Fsp3) is 0.727. The summed E-state index contributed by atoms with van der Waals surface area (Å²) in [4.78, 5) is 10.8. The van der Waals surface area contributed by atoms with Crippen molar-refractivity contribution in [2.45, 2.75) is 74.7 Å². The van der Waals surface area contributed by atoms with E-state index < -0.39 is 55.1 Å². The lowest BCUT2D eigenvalue weighted by molar-refractivity contribution is -0.386. The molecule has 0 amide bonds. The summed E-state index contributed by atoms with van der Waals surface area (Å²) in [5.41, 5.74) is 0.258. The Morgan fingerprint density at radius 2 is 1.97 bits per heavy atom. The van der Waals surface area contributed by atoms with Crippen molar-refractivity contribution in [3.8, 4) is 0 Å². The molecule has 1 heterocycles. The SMILES string of the molecule is CS[C@]1([C@@H](O)CO)[C@H](O)[C@@H](OCOCC[Si](C)(C)C)[C@H](OCc2ccccc2[N+](=O)[O-])O[C@@H]1C. The largest absolute Gasteiger partial charge is 0.394 e. The lowest BCUT2D eigenvalue weighted by Gasteiger charge is -2.52. The Kier molecular flexibility index (Phi) is 10.9. The van der Waals surface area contributed by atoms with Gasteiger partial charge in [0.15, 0.2) is 6.29 Å². The van der Waals surface area contributed by atoms with E-state index in [1.54, 1.807) is 31.4 Å². The molecular formula is C22H37NO9SSi. The van der Waals surface area contributed by atoms with Crippen LogP contribution in [0.1, 0.15) is 12.5 Å². The number of rotatable bonds is 13. The van der Waals surface area contributed by atoms with Gasteiger partial charge in [-0.05, 0) is 25.3 Å². The highest BCUT2D eigenvalue weighted by molar-refractivity contribution is 8.00. The Labute approximate surface area is 205 Å². The third-order valence-corrected chi connectivity index (χ3v) is 9.25. The molecule has 0 saturated carbocycles. The number of nitro groups is 1. The fourth-order valence-corrected chi connectivity index (χ4v) is 5.78. The van der Waals surface area contributed by atoms with Crippen LogP contribution >= 0.6 is 11.8 Å². The zero-order chi connectivity index (χ0) is 25.5. The van der Waals surface area contributed by atoms with Crippen LogP contribution in [0.5, 0.6) is 0 Å². The molecule has 1 fully saturated rings. The number of nitrogens with zero attached hydrogens (tertiary/aromatic N) is 1. The number of aliphatic hydroxyl groups excluding tert-OH is 3. The molecule has 12 heteroatoms. The summed E-state index contributed by atoms with van der Waals surface area (Å²) in [7, 11) is -1.29. The lowest BCUT2D eigenvalue weighted by atomic mass is 9.84. The fourth-order valence-electron chi connectivity index (χ4n) is 3.92. The molecule has 34 heavy (non-hydrogen) atoms. The predicted octanol–water partition coefficient (Wildman–Crippen LogP) is 2.37. The van der Waals surface area contributed by atoms with Crippen LogP contribution in [0.4, 0.5) is 5.69 Å². The van der Waals surface area contributed by atoms with E-state index in [0.717, 1.165) is 6.04 Å². The molecule has 0 aromatic heterocycles. The molecule has 0 spiro atoms. The van der Waals surface area contributed by atoms with E-state index in [1.807, 2.05) is 0 Å². The third kappa shape index (κ3) is 6.99. The molecule has 1 saturated heterocycles. The zero-order valence-corrected chi connectivity index (χ0v) is 22.2. The van der Waals surface area contributed by atoms with Gasteiger partial charge in [-0.2, -0.15) is 11.8 Å². The van der Waals surface area contributed by atoms with Crippen molar-refractivity contribution in [2.24, 2.45) is 0 Å². The molecule has 0 radical (unpaired) electrons. The van der Waals surface area contributed by atoms with Crippen LogP contribution in [0.3, 0.4) is 0 Å². The summed E-state index contributed by atoms with van der Waals surface area (Å²) in [6, 6.07) is 7.14. The van der Waals surface area contributed by atoms with Gasteiger partial charge in [-0.25, -0.2) is 0 Å². The summed E-state index contributed by atoms with van der Waals surface area (Å²) in [5.74, 6) is 0. The van der Waals surface area contributed by atoms with Crippen LogP contribution in [0, 0.1) is 10.1 Å². The van der Waals surface area contributed by atoms with Gasteiger partial charge in [-0.1, -0.05) is 31.8 Å². The Bertz CT molecular complexity index is 796. The van der Waals surface area contributed by atoms with Crippen LogP contribution in [-0.2, 0) is 25.6 Å². The number of aliphatic hydroxyl groups is 3. The summed E-state index contributed by atoms with van der Waals surface area (Å²) < 4.78 is 22.1. The number of ether oxygens (including phenoxy) is 4. The second-order valence-electron chi connectivity index (χ2n) is 9.51. The first-order valence-corrected chi connectivity index (χ1v) is 16.1. The first kappa shape index (κ1) is 29.1. The number of thioether (sulfide) groups is 1. The van der Waals surface area contributed by atoms with E-state index >= 15 is 0 Å².